The zero-order valence-electron chi connectivity index (χ0n) is 9.03. The summed E-state index contributed by atoms with van der Waals surface area (Å²) in [5.41, 5.74) is 9.54. The largest absolute Gasteiger partial charge is 0.398 e. The third-order valence-corrected chi connectivity index (χ3v) is 3.10. The van der Waals surface area contributed by atoms with Crippen LogP contribution >= 0.6 is 11.8 Å². The maximum Gasteiger partial charge on any atom is 0.327 e. The highest BCUT2D eigenvalue weighted by Crippen LogP contribution is 2.27. The van der Waals surface area contributed by atoms with Crippen molar-refractivity contribution in [2.75, 3.05) is 11.5 Å². The fourth-order valence-corrected chi connectivity index (χ4v) is 2.12. The molecule has 1 aromatic carbocycles. The number of benzene rings is 1. The van der Waals surface area contributed by atoms with Gasteiger partial charge in [0.05, 0.1) is 6.42 Å². The molecule has 6 heteroatoms. The first-order valence-electron chi connectivity index (χ1n) is 4.78. The SMILES string of the molecule is Cc1cccc(SCCC(=O)ONN)c1N. The molecular formula is C10H15N3O2S. The Kier molecular flexibility index (Phi) is 5.10. The van der Waals surface area contributed by atoms with Gasteiger partial charge in [0, 0.05) is 16.3 Å². The van der Waals surface area contributed by atoms with Gasteiger partial charge in [-0.25, -0.2) is 5.84 Å². The Bertz CT molecular complexity index is 371. The molecule has 0 saturated carbocycles. The van der Waals surface area contributed by atoms with E-state index in [0.29, 0.717) is 5.75 Å². The normalized spacial score (nSPS) is 10.1. The van der Waals surface area contributed by atoms with E-state index in [1.54, 1.807) is 0 Å². The smallest absolute Gasteiger partial charge is 0.327 e. The molecule has 0 aliphatic rings. The third kappa shape index (κ3) is 3.73. The zero-order chi connectivity index (χ0) is 12.0. The third-order valence-electron chi connectivity index (χ3n) is 2.02. The highest BCUT2D eigenvalue weighted by molar-refractivity contribution is 7.99. The average Bonchev–Trinajstić information content (AvgIpc) is 2.25. The molecule has 0 aliphatic heterocycles. The second kappa shape index (κ2) is 6.37. The number of anilines is 1. The summed E-state index contributed by atoms with van der Waals surface area (Å²) in [5, 5.41) is 0. The van der Waals surface area contributed by atoms with Crippen molar-refractivity contribution in [3.05, 3.63) is 23.8 Å². The number of carbonyl (C=O) groups excluding carboxylic acids is 1. The van der Waals surface area contributed by atoms with Crippen molar-refractivity contribution in [1.82, 2.24) is 5.59 Å². The van der Waals surface area contributed by atoms with Gasteiger partial charge in [0.15, 0.2) is 0 Å². The highest BCUT2D eigenvalue weighted by atomic mass is 32.2. The van der Waals surface area contributed by atoms with Gasteiger partial charge in [-0.15, -0.1) is 11.8 Å². The minimum atomic E-state index is -0.388. The average molecular weight is 241 g/mol. The summed E-state index contributed by atoms with van der Waals surface area (Å²) < 4.78 is 0. The molecule has 88 valence electrons. The Morgan fingerprint density at radius 2 is 2.31 bits per heavy atom. The first-order valence-corrected chi connectivity index (χ1v) is 5.77. The van der Waals surface area contributed by atoms with Crippen LogP contribution in [0.4, 0.5) is 5.69 Å². The first-order chi connectivity index (χ1) is 7.65. The molecule has 0 bridgehead atoms. The standard InChI is InChI=1S/C10H15N3O2S/c1-7-3-2-4-8(10(7)11)16-6-5-9(14)15-13-12/h2-4,13H,5-6,11-12H2,1H3. The van der Waals surface area contributed by atoms with Crippen LogP contribution in [0.2, 0.25) is 0 Å². The molecule has 5 N–H and O–H groups in total. The van der Waals surface area contributed by atoms with Gasteiger partial charge in [-0.1, -0.05) is 17.7 Å². The molecule has 5 nitrogen and oxygen atoms in total. The Morgan fingerprint density at radius 1 is 1.56 bits per heavy atom. The summed E-state index contributed by atoms with van der Waals surface area (Å²) in [5.74, 6) is 5.05. The monoisotopic (exact) mass is 241 g/mol. The van der Waals surface area contributed by atoms with Crippen molar-refractivity contribution in [2.24, 2.45) is 5.84 Å². The van der Waals surface area contributed by atoms with Crippen LogP contribution in [0.1, 0.15) is 12.0 Å². The number of carbonyl (C=O) groups is 1. The van der Waals surface area contributed by atoms with Gasteiger partial charge in [-0.05, 0) is 18.6 Å². The van der Waals surface area contributed by atoms with E-state index in [0.717, 1.165) is 16.1 Å². The van der Waals surface area contributed by atoms with E-state index in [1.807, 2.05) is 30.7 Å². The van der Waals surface area contributed by atoms with E-state index >= 15 is 0 Å². The molecule has 0 aliphatic carbocycles. The first kappa shape index (κ1) is 12.8. The quantitative estimate of drug-likeness (QED) is 0.308. The molecule has 0 unspecified atom stereocenters. The lowest BCUT2D eigenvalue weighted by Crippen LogP contribution is -2.26. The minimum absolute atomic E-state index is 0.280. The summed E-state index contributed by atoms with van der Waals surface area (Å²) in [7, 11) is 0. The molecule has 1 aromatic rings. The molecule has 0 aromatic heterocycles. The van der Waals surface area contributed by atoms with Gasteiger partial charge in [0.2, 0.25) is 0 Å². The van der Waals surface area contributed by atoms with Crippen LogP contribution in [0.15, 0.2) is 23.1 Å². The Labute approximate surface area is 98.4 Å². The number of para-hydroxylation sites is 1. The van der Waals surface area contributed by atoms with Crippen LogP contribution in [0, 0.1) is 6.92 Å². The van der Waals surface area contributed by atoms with Crippen LogP contribution in [-0.2, 0) is 9.63 Å². The number of rotatable bonds is 5. The van der Waals surface area contributed by atoms with E-state index in [1.165, 1.54) is 11.8 Å². The Hall–Kier alpha value is -1.24. The summed E-state index contributed by atoms with van der Waals surface area (Å²) in [4.78, 5) is 16.3. The number of hydrogen-bond donors (Lipinski definition) is 3. The van der Waals surface area contributed by atoms with E-state index in [2.05, 4.69) is 4.84 Å². The molecule has 0 saturated heterocycles. The molecule has 0 radical (unpaired) electrons. The van der Waals surface area contributed by atoms with Crippen molar-refractivity contribution >= 4 is 23.4 Å². The molecule has 1 rings (SSSR count). The number of thioether (sulfide) groups is 1. The molecule has 0 spiro atoms. The van der Waals surface area contributed by atoms with Crippen molar-refractivity contribution < 1.29 is 9.63 Å². The van der Waals surface area contributed by atoms with Gasteiger partial charge in [0.1, 0.15) is 0 Å². The van der Waals surface area contributed by atoms with E-state index in [9.17, 15) is 4.79 Å². The maximum atomic E-state index is 11.0. The second-order valence-electron chi connectivity index (χ2n) is 3.18. The van der Waals surface area contributed by atoms with Gasteiger partial charge in [0.25, 0.3) is 0 Å². The van der Waals surface area contributed by atoms with Crippen LogP contribution < -0.4 is 17.2 Å². The number of hydrogen-bond acceptors (Lipinski definition) is 6. The lowest BCUT2D eigenvalue weighted by molar-refractivity contribution is -0.150. The van der Waals surface area contributed by atoms with Gasteiger partial charge in [-0.3, -0.25) is 4.79 Å². The maximum absolute atomic E-state index is 11.0. The van der Waals surface area contributed by atoms with Gasteiger partial charge in [-0.2, -0.15) is 0 Å². The second-order valence-corrected chi connectivity index (χ2v) is 4.31. The lowest BCUT2D eigenvalue weighted by atomic mass is 10.2. The number of aryl methyl sites for hydroxylation is 1. The van der Waals surface area contributed by atoms with Gasteiger partial charge >= 0.3 is 5.97 Å². The predicted molar refractivity (Wildman–Crippen MR) is 64.3 cm³/mol. The van der Waals surface area contributed by atoms with Crippen LogP contribution in [0.5, 0.6) is 0 Å². The fourth-order valence-electron chi connectivity index (χ4n) is 1.14. The van der Waals surface area contributed by atoms with Crippen molar-refractivity contribution in [3.8, 4) is 0 Å². The molecular weight excluding hydrogens is 226 g/mol. The summed E-state index contributed by atoms with van der Waals surface area (Å²) >= 11 is 1.52. The molecule has 0 heterocycles. The molecule has 0 amide bonds. The van der Waals surface area contributed by atoms with E-state index < -0.39 is 0 Å². The van der Waals surface area contributed by atoms with Crippen LogP contribution in [-0.4, -0.2) is 11.7 Å². The topological polar surface area (TPSA) is 90.4 Å². The van der Waals surface area contributed by atoms with Gasteiger partial charge < -0.3 is 10.6 Å². The number of hydrazine groups is 1. The molecule has 0 fully saturated rings. The lowest BCUT2D eigenvalue weighted by Gasteiger charge is -2.07. The fraction of sp³-hybridized carbons (Fsp3) is 0.300. The van der Waals surface area contributed by atoms with Crippen molar-refractivity contribution in [1.29, 1.82) is 0 Å². The molecule has 0 atom stereocenters. The van der Waals surface area contributed by atoms with E-state index in [-0.39, 0.29) is 12.4 Å². The number of nitrogens with one attached hydrogen (secondary N) is 1. The summed E-state index contributed by atoms with van der Waals surface area (Å²) in [6.07, 6.45) is 0.280. The number of nitrogen functional groups attached to an aromatic ring is 1. The van der Waals surface area contributed by atoms with Crippen LogP contribution in [0.25, 0.3) is 0 Å². The number of nitrogens with two attached hydrogens (primary N) is 2. The minimum Gasteiger partial charge on any atom is -0.398 e. The predicted octanol–water partition coefficient (Wildman–Crippen LogP) is 0.981. The Balaban J connectivity index is 2.43. The zero-order valence-corrected chi connectivity index (χ0v) is 9.84. The summed E-state index contributed by atoms with van der Waals surface area (Å²) in [6.45, 7) is 1.95. The molecule has 16 heavy (non-hydrogen) atoms. The summed E-state index contributed by atoms with van der Waals surface area (Å²) in [6, 6.07) is 5.82. The Morgan fingerprint density at radius 3 is 3.00 bits per heavy atom. The van der Waals surface area contributed by atoms with Crippen molar-refractivity contribution in [3.63, 3.8) is 0 Å². The van der Waals surface area contributed by atoms with Crippen molar-refractivity contribution in [2.45, 2.75) is 18.2 Å². The van der Waals surface area contributed by atoms with Crippen LogP contribution in [0.3, 0.4) is 0 Å². The van der Waals surface area contributed by atoms with E-state index in [4.69, 9.17) is 11.6 Å². The highest BCUT2D eigenvalue weighted by Gasteiger charge is 2.05.